The van der Waals surface area contributed by atoms with Crippen LogP contribution in [0, 0.1) is 5.92 Å². The van der Waals surface area contributed by atoms with E-state index in [9.17, 15) is 14.4 Å². The Balaban J connectivity index is 4.87. The highest BCUT2D eigenvalue weighted by Gasteiger charge is 2.30. The highest BCUT2D eigenvalue weighted by Crippen LogP contribution is 2.13. The number of ether oxygens (including phenoxy) is 1. The summed E-state index contributed by atoms with van der Waals surface area (Å²) in [4.78, 5) is 36.1. The number of aliphatic carboxylic acids is 1. The fraction of sp³-hybridized carbons (Fsp3) is 0.800. The van der Waals surface area contributed by atoms with Gasteiger partial charge in [-0.2, -0.15) is 0 Å². The highest BCUT2D eigenvalue weighted by atomic mass is 32.2. The molecule has 0 rings (SSSR count). The molecule has 8 heteroatoms. The Morgan fingerprint density at radius 2 is 1.83 bits per heavy atom. The van der Waals surface area contributed by atoms with Crippen LogP contribution < -0.4 is 5.73 Å². The van der Waals surface area contributed by atoms with E-state index in [1.807, 2.05) is 13.8 Å². The molecule has 0 fully saturated rings. The van der Waals surface area contributed by atoms with Crippen LogP contribution in [0.25, 0.3) is 0 Å². The predicted octanol–water partition coefficient (Wildman–Crippen LogP) is 1.94. The van der Waals surface area contributed by atoms with Crippen molar-refractivity contribution in [2.75, 3.05) is 18.1 Å². The van der Waals surface area contributed by atoms with Gasteiger partial charge in [-0.1, -0.05) is 13.8 Å². The van der Waals surface area contributed by atoms with Gasteiger partial charge in [0.2, 0.25) is 5.91 Å². The van der Waals surface area contributed by atoms with E-state index >= 15 is 0 Å². The number of rotatable bonds is 8. The molecule has 23 heavy (non-hydrogen) atoms. The quantitative estimate of drug-likeness (QED) is 0.645. The molecule has 0 aliphatic carbocycles. The second-order valence-electron chi connectivity index (χ2n) is 6.65. The normalized spacial score (nSPS) is 12.8. The van der Waals surface area contributed by atoms with Crippen molar-refractivity contribution in [1.29, 1.82) is 0 Å². The van der Waals surface area contributed by atoms with E-state index in [1.54, 1.807) is 20.8 Å². The van der Waals surface area contributed by atoms with Gasteiger partial charge in [0.25, 0.3) is 0 Å². The van der Waals surface area contributed by atoms with Crippen LogP contribution in [0.5, 0.6) is 0 Å². The summed E-state index contributed by atoms with van der Waals surface area (Å²) in [6.07, 6.45) is -0.293. The second-order valence-corrected chi connectivity index (χ2v) is 7.76. The van der Waals surface area contributed by atoms with Gasteiger partial charge in [0, 0.05) is 12.3 Å². The zero-order chi connectivity index (χ0) is 18.2. The number of nitrogens with two attached hydrogens (primary N) is 1. The number of carboxylic acid groups (broad SMARTS) is 1. The second kappa shape index (κ2) is 9.77. The van der Waals surface area contributed by atoms with Crippen molar-refractivity contribution < 1.29 is 24.2 Å². The first kappa shape index (κ1) is 21.7. The molecule has 2 amide bonds. The molecular formula is C15H28N2O5S. The number of carbonyl (C=O) groups is 3. The van der Waals surface area contributed by atoms with Crippen molar-refractivity contribution in [2.45, 2.75) is 52.7 Å². The SMILES string of the molecule is CC(C)C[C@H](N)C(=O)N(CCSCC(=O)O)C(=O)OC(C)(C)C. The van der Waals surface area contributed by atoms with E-state index in [2.05, 4.69) is 0 Å². The van der Waals surface area contributed by atoms with Gasteiger partial charge in [0.05, 0.1) is 11.8 Å². The van der Waals surface area contributed by atoms with Crippen LogP contribution in [-0.2, 0) is 14.3 Å². The van der Waals surface area contributed by atoms with Gasteiger partial charge < -0.3 is 15.6 Å². The fourth-order valence-electron chi connectivity index (χ4n) is 1.73. The van der Waals surface area contributed by atoms with Crippen molar-refractivity contribution >= 4 is 29.7 Å². The average Bonchev–Trinajstić information content (AvgIpc) is 2.34. The number of nitrogens with zero attached hydrogens (tertiary/aromatic N) is 1. The average molecular weight is 348 g/mol. The third-order valence-corrected chi connectivity index (χ3v) is 3.53. The first-order chi connectivity index (χ1) is 10.4. The fourth-order valence-corrected chi connectivity index (χ4v) is 2.36. The van der Waals surface area contributed by atoms with E-state index in [0.717, 1.165) is 16.7 Å². The predicted molar refractivity (Wildman–Crippen MR) is 90.3 cm³/mol. The summed E-state index contributed by atoms with van der Waals surface area (Å²) in [6.45, 7) is 9.07. The zero-order valence-electron chi connectivity index (χ0n) is 14.5. The molecule has 0 aromatic carbocycles. The maximum Gasteiger partial charge on any atom is 0.417 e. The first-order valence-electron chi connectivity index (χ1n) is 7.53. The van der Waals surface area contributed by atoms with Gasteiger partial charge in [0.1, 0.15) is 5.60 Å². The lowest BCUT2D eigenvalue weighted by Gasteiger charge is -2.28. The van der Waals surface area contributed by atoms with Crippen LogP contribution in [-0.4, -0.2) is 57.7 Å². The van der Waals surface area contributed by atoms with Crippen LogP contribution in [0.3, 0.4) is 0 Å². The van der Waals surface area contributed by atoms with Gasteiger partial charge in [-0.05, 0) is 33.1 Å². The minimum atomic E-state index is -0.943. The van der Waals surface area contributed by atoms with E-state index < -0.39 is 29.6 Å². The number of imide groups is 1. The summed E-state index contributed by atoms with van der Waals surface area (Å²) in [7, 11) is 0. The Morgan fingerprint density at radius 1 is 1.26 bits per heavy atom. The summed E-state index contributed by atoms with van der Waals surface area (Å²) >= 11 is 1.13. The minimum absolute atomic E-state index is 0.0670. The number of hydrogen-bond acceptors (Lipinski definition) is 6. The zero-order valence-corrected chi connectivity index (χ0v) is 15.3. The Kier molecular flexibility index (Phi) is 9.23. The molecule has 1 atom stereocenters. The molecule has 0 aliphatic heterocycles. The number of thioether (sulfide) groups is 1. The van der Waals surface area contributed by atoms with Gasteiger partial charge in [-0.15, -0.1) is 11.8 Å². The van der Waals surface area contributed by atoms with E-state index in [1.165, 1.54) is 0 Å². The van der Waals surface area contributed by atoms with Crippen LogP contribution >= 0.6 is 11.8 Å². The van der Waals surface area contributed by atoms with E-state index in [-0.39, 0.29) is 18.2 Å². The van der Waals surface area contributed by atoms with Gasteiger partial charge in [-0.25, -0.2) is 9.69 Å². The molecule has 0 saturated carbocycles. The van der Waals surface area contributed by atoms with Crippen LogP contribution in [0.15, 0.2) is 0 Å². The third kappa shape index (κ3) is 10.2. The first-order valence-corrected chi connectivity index (χ1v) is 8.69. The Labute approximate surface area is 141 Å². The van der Waals surface area contributed by atoms with Gasteiger partial charge in [-0.3, -0.25) is 9.59 Å². The molecule has 0 aromatic rings. The molecule has 0 aromatic heterocycles. The van der Waals surface area contributed by atoms with E-state index in [0.29, 0.717) is 12.2 Å². The molecule has 0 bridgehead atoms. The minimum Gasteiger partial charge on any atom is -0.481 e. The number of amides is 2. The van der Waals surface area contributed by atoms with Crippen molar-refractivity contribution in [3.8, 4) is 0 Å². The molecular weight excluding hydrogens is 320 g/mol. The van der Waals surface area contributed by atoms with Crippen LogP contribution in [0.4, 0.5) is 4.79 Å². The van der Waals surface area contributed by atoms with Crippen LogP contribution in [0.1, 0.15) is 41.0 Å². The van der Waals surface area contributed by atoms with Gasteiger partial charge >= 0.3 is 12.1 Å². The third-order valence-electron chi connectivity index (χ3n) is 2.61. The van der Waals surface area contributed by atoms with Crippen molar-refractivity contribution in [3.63, 3.8) is 0 Å². The lowest BCUT2D eigenvalue weighted by atomic mass is 10.0. The van der Waals surface area contributed by atoms with Gasteiger partial charge in [0.15, 0.2) is 0 Å². The van der Waals surface area contributed by atoms with Crippen molar-refractivity contribution in [2.24, 2.45) is 11.7 Å². The summed E-state index contributed by atoms with van der Waals surface area (Å²) in [5.41, 5.74) is 5.14. The molecule has 3 N–H and O–H groups in total. The number of hydrogen-bond donors (Lipinski definition) is 2. The summed E-state index contributed by atoms with van der Waals surface area (Å²) < 4.78 is 5.24. The molecule has 0 spiro atoms. The Bertz CT molecular complexity index is 421. The van der Waals surface area contributed by atoms with Crippen molar-refractivity contribution in [1.82, 2.24) is 4.90 Å². The lowest BCUT2D eigenvalue weighted by Crippen LogP contribution is -2.49. The topological polar surface area (TPSA) is 110 Å². The molecule has 0 saturated heterocycles. The summed E-state index contributed by atoms with van der Waals surface area (Å²) in [5, 5.41) is 8.62. The molecule has 0 unspecified atom stereocenters. The van der Waals surface area contributed by atoms with Crippen LogP contribution in [0.2, 0.25) is 0 Å². The standard InChI is InChI=1S/C15H28N2O5S/c1-10(2)8-11(16)13(20)17(6-7-23-9-12(18)19)14(21)22-15(3,4)5/h10-11H,6-9,16H2,1-5H3,(H,18,19)/t11-/m0/s1. The lowest BCUT2D eigenvalue weighted by molar-refractivity contribution is -0.134. The van der Waals surface area contributed by atoms with E-state index in [4.69, 9.17) is 15.6 Å². The number of carboxylic acids is 1. The maximum atomic E-state index is 12.4. The Hall–Kier alpha value is -1.28. The van der Waals surface area contributed by atoms with Crippen molar-refractivity contribution in [3.05, 3.63) is 0 Å². The largest absolute Gasteiger partial charge is 0.481 e. The highest BCUT2D eigenvalue weighted by molar-refractivity contribution is 7.99. The maximum absolute atomic E-state index is 12.4. The number of carbonyl (C=O) groups excluding carboxylic acids is 2. The molecule has 0 heterocycles. The molecule has 0 radical (unpaired) electrons. The monoisotopic (exact) mass is 348 g/mol. The summed E-state index contributed by atoms with van der Waals surface area (Å²) in [5.74, 6) is -0.999. The molecule has 7 nitrogen and oxygen atoms in total. The Morgan fingerprint density at radius 3 is 2.26 bits per heavy atom. The summed E-state index contributed by atoms with van der Waals surface area (Å²) in [6, 6.07) is -0.785. The smallest absolute Gasteiger partial charge is 0.417 e. The molecule has 134 valence electrons. The molecule has 0 aliphatic rings.